The Morgan fingerprint density at radius 2 is 1.89 bits per heavy atom. The first kappa shape index (κ1) is 20.2. The van der Waals surface area contributed by atoms with E-state index in [1.165, 1.54) is 4.90 Å². The van der Waals surface area contributed by atoms with Crippen LogP contribution in [0.1, 0.15) is 49.8 Å². The van der Waals surface area contributed by atoms with Crippen LogP contribution in [-0.2, 0) is 4.79 Å². The third-order valence-electron chi connectivity index (χ3n) is 5.13. The average Bonchev–Trinajstić information content (AvgIpc) is 2.80. The molecule has 3 rings (SSSR count). The SMILES string of the molecule is CCCCCCN1C(=O)CN(C(N)=O)C(c2ccccc2)c2cc(Cl)ccc21. The maximum Gasteiger partial charge on any atom is 0.316 e. The number of hydrogen-bond donors (Lipinski definition) is 1. The molecule has 0 fully saturated rings. The zero-order chi connectivity index (χ0) is 20.1. The lowest BCUT2D eigenvalue weighted by Gasteiger charge is -2.29. The van der Waals surface area contributed by atoms with Crippen molar-refractivity contribution in [1.82, 2.24) is 4.90 Å². The van der Waals surface area contributed by atoms with Gasteiger partial charge in [-0.15, -0.1) is 0 Å². The standard InChI is InChI=1S/C22H26ClN3O2/c1-2-3-4-8-13-25-19-12-11-17(23)14-18(19)21(16-9-6-5-7-10-16)26(22(24)28)15-20(25)27/h5-7,9-12,14,21H,2-4,8,13,15H2,1H3,(H2,24,28). The van der Waals surface area contributed by atoms with E-state index in [4.69, 9.17) is 17.3 Å². The molecule has 148 valence electrons. The Morgan fingerprint density at radius 3 is 2.57 bits per heavy atom. The Hall–Kier alpha value is -2.53. The number of urea groups is 1. The van der Waals surface area contributed by atoms with Crippen molar-refractivity contribution in [2.24, 2.45) is 5.73 Å². The van der Waals surface area contributed by atoms with Crippen LogP contribution in [0.15, 0.2) is 48.5 Å². The normalized spacial score (nSPS) is 16.6. The monoisotopic (exact) mass is 399 g/mol. The van der Waals surface area contributed by atoms with E-state index in [9.17, 15) is 9.59 Å². The van der Waals surface area contributed by atoms with Crippen LogP contribution in [0.4, 0.5) is 10.5 Å². The molecule has 0 radical (unpaired) electrons. The molecule has 0 spiro atoms. The van der Waals surface area contributed by atoms with Crippen LogP contribution < -0.4 is 10.6 Å². The molecule has 2 aromatic carbocycles. The fourth-order valence-electron chi connectivity index (χ4n) is 3.76. The van der Waals surface area contributed by atoms with Crippen LogP contribution in [0.3, 0.4) is 0 Å². The van der Waals surface area contributed by atoms with Gasteiger partial charge in [0.2, 0.25) is 5.91 Å². The first-order valence-corrected chi connectivity index (χ1v) is 10.1. The third-order valence-corrected chi connectivity index (χ3v) is 5.36. The van der Waals surface area contributed by atoms with E-state index in [1.807, 2.05) is 42.5 Å². The van der Waals surface area contributed by atoms with Gasteiger partial charge in [-0.2, -0.15) is 0 Å². The summed E-state index contributed by atoms with van der Waals surface area (Å²) in [6.45, 7) is 2.71. The van der Waals surface area contributed by atoms with Gasteiger partial charge in [0.1, 0.15) is 6.54 Å². The predicted molar refractivity (Wildman–Crippen MR) is 113 cm³/mol. The number of nitrogens with two attached hydrogens (primary N) is 1. The first-order valence-electron chi connectivity index (χ1n) is 9.73. The molecule has 1 unspecified atom stereocenters. The fourth-order valence-corrected chi connectivity index (χ4v) is 3.94. The Labute approximate surface area is 171 Å². The molecule has 2 aromatic rings. The number of carbonyl (C=O) groups is 2. The minimum atomic E-state index is -0.624. The summed E-state index contributed by atoms with van der Waals surface area (Å²) in [5.41, 5.74) is 8.20. The van der Waals surface area contributed by atoms with Gasteiger partial charge in [0.15, 0.2) is 0 Å². The summed E-state index contributed by atoms with van der Waals surface area (Å²) >= 11 is 6.30. The van der Waals surface area contributed by atoms with E-state index in [0.717, 1.165) is 42.5 Å². The highest BCUT2D eigenvalue weighted by molar-refractivity contribution is 6.30. The highest BCUT2D eigenvalue weighted by Gasteiger charge is 2.35. The minimum Gasteiger partial charge on any atom is -0.351 e. The molecular formula is C22H26ClN3O2. The molecule has 1 aliphatic rings. The lowest BCUT2D eigenvalue weighted by molar-refractivity contribution is -0.119. The highest BCUT2D eigenvalue weighted by Crippen LogP contribution is 2.39. The minimum absolute atomic E-state index is 0.0605. The molecule has 5 nitrogen and oxygen atoms in total. The van der Waals surface area contributed by atoms with Crippen molar-refractivity contribution < 1.29 is 9.59 Å². The Bertz CT molecular complexity index is 841. The average molecular weight is 400 g/mol. The maximum atomic E-state index is 13.1. The predicted octanol–water partition coefficient (Wildman–Crippen LogP) is 4.74. The lowest BCUT2D eigenvalue weighted by atomic mass is 9.96. The summed E-state index contributed by atoms with van der Waals surface area (Å²) < 4.78 is 0. The van der Waals surface area contributed by atoms with Crippen molar-refractivity contribution in [3.05, 3.63) is 64.7 Å². The van der Waals surface area contributed by atoms with Gasteiger partial charge in [0.25, 0.3) is 0 Å². The molecule has 1 heterocycles. The lowest BCUT2D eigenvalue weighted by Crippen LogP contribution is -2.44. The Morgan fingerprint density at radius 1 is 1.14 bits per heavy atom. The summed E-state index contributed by atoms with van der Waals surface area (Å²) in [4.78, 5) is 28.5. The van der Waals surface area contributed by atoms with Crippen LogP contribution in [0.25, 0.3) is 0 Å². The van der Waals surface area contributed by atoms with Gasteiger partial charge in [0, 0.05) is 22.8 Å². The number of carbonyl (C=O) groups excluding carboxylic acids is 2. The van der Waals surface area contributed by atoms with E-state index in [-0.39, 0.29) is 12.5 Å². The van der Waals surface area contributed by atoms with Crippen LogP contribution in [0, 0.1) is 0 Å². The molecular weight excluding hydrogens is 374 g/mol. The summed E-state index contributed by atoms with van der Waals surface area (Å²) in [5.74, 6) is -0.127. The number of nitrogens with zero attached hydrogens (tertiary/aromatic N) is 2. The second-order valence-electron chi connectivity index (χ2n) is 7.09. The van der Waals surface area contributed by atoms with Crippen molar-refractivity contribution in [3.8, 4) is 0 Å². The number of benzene rings is 2. The second-order valence-corrected chi connectivity index (χ2v) is 7.52. The molecule has 0 saturated carbocycles. The highest BCUT2D eigenvalue weighted by atomic mass is 35.5. The van der Waals surface area contributed by atoms with Crippen molar-refractivity contribution in [2.45, 2.75) is 38.6 Å². The zero-order valence-electron chi connectivity index (χ0n) is 16.1. The summed E-state index contributed by atoms with van der Waals surface area (Å²) in [7, 11) is 0. The molecule has 0 bridgehead atoms. The second kappa shape index (κ2) is 9.11. The first-order chi connectivity index (χ1) is 13.5. The number of amides is 3. The molecule has 0 saturated heterocycles. The van der Waals surface area contributed by atoms with E-state index < -0.39 is 12.1 Å². The van der Waals surface area contributed by atoms with Crippen molar-refractivity contribution in [2.75, 3.05) is 18.0 Å². The number of fused-ring (bicyclic) bond motifs is 1. The van der Waals surface area contributed by atoms with Crippen molar-refractivity contribution >= 4 is 29.2 Å². The fraction of sp³-hybridized carbons (Fsp3) is 0.364. The number of unbranched alkanes of at least 4 members (excludes halogenated alkanes) is 3. The van der Waals surface area contributed by atoms with E-state index in [1.54, 1.807) is 11.0 Å². The van der Waals surface area contributed by atoms with Crippen LogP contribution in [0.5, 0.6) is 0 Å². The van der Waals surface area contributed by atoms with Gasteiger partial charge in [-0.1, -0.05) is 68.1 Å². The largest absolute Gasteiger partial charge is 0.351 e. The summed E-state index contributed by atoms with van der Waals surface area (Å²) in [6, 6.07) is 14.0. The smallest absolute Gasteiger partial charge is 0.316 e. The zero-order valence-corrected chi connectivity index (χ0v) is 16.9. The number of hydrogen-bond acceptors (Lipinski definition) is 2. The molecule has 1 atom stereocenters. The van der Waals surface area contributed by atoms with E-state index in [0.29, 0.717) is 11.6 Å². The van der Waals surface area contributed by atoms with Crippen molar-refractivity contribution in [3.63, 3.8) is 0 Å². The van der Waals surface area contributed by atoms with Gasteiger partial charge in [0.05, 0.1) is 6.04 Å². The van der Waals surface area contributed by atoms with E-state index in [2.05, 4.69) is 6.92 Å². The maximum absolute atomic E-state index is 13.1. The number of anilines is 1. The Kier molecular flexibility index (Phi) is 6.57. The van der Waals surface area contributed by atoms with Crippen LogP contribution in [-0.4, -0.2) is 29.9 Å². The van der Waals surface area contributed by atoms with Gasteiger partial charge >= 0.3 is 6.03 Å². The number of halogens is 1. The van der Waals surface area contributed by atoms with Crippen LogP contribution in [0.2, 0.25) is 5.02 Å². The number of primary amides is 1. The van der Waals surface area contributed by atoms with Crippen molar-refractivity contribution in [1.29, 1.82) is 0 Å². The molecule has 0 aromatic heterocycles. The van der Waals surface area contributed by atoms with Gasteiger partial charge in [-0.3, -0.25) is 4.79 Å². The summed E-state index contributed by atoms with van der Waals surface area (Å²) in [6.07, 6.45) is 4.24. The van der Waals surface area contributed by atoms with Gasteiger partial charge < -0.3 is 15.5 Å². The molecule has 1 aliphatic heterocycles. The quantitative estimate of drug-likeness (QED) is 0.713. The third kappa shape index (κ3) is 4.30. The van der Waals surface area contributed by atoms with Gasteiger partial charge in [-0.25, -0.2) is 4.79 Å². The molecule has 0 aliphatic carbocycles. The van der Waals surface area contributed by atoms with Crippen LogP contribution >= 0.6 is 11.6 Å². The molecule has 3 amide bonds. The van der Waals surface area contributed by atoms with E-state index >= 15 is 0 Å². The molecule has 6 heteroatoms. The topological polar surface area (TPSA) is 66.6 Å². The molecule has 2 N–H and O–H groups in total. The van der Waals surface area contributed by atoms with Gasteiger partial charge in [-0.05, 0) is 30.2 Å². The number of rotatable bonds is 6. The summed E-state index contributed by atoms with van der Waals surface area (Å²) in [5, 5.41) is 0.560. The molecule has 28 heavy (non-hydrogen) atoms. The Balaban J connectivity index is 2.08.